The van der Waals surface area contributed by atoms with Crippen molar-refractivity contribution in [3.05, 3.63) is 48.0 Å². The first-order chi connectivity index (χ1) is 14.3. The molecule has 162 valence electrons. The van der Waals surface area contributed by atoms with Crippen LogP contribution < -0.4 is 19.1 Å². The van der Waals surface area contributed by atoms with E-state index in [1.54, 1.807) is 16.7 Å². The molecule has 0 saturated carbocycles. The molecule has 1 aliphatic rings. The van der Waals surface area contributed by atoms with Crippen molar-refractivity contribution in [3.8, 4) is 17.2 Å². The molecule has 9 heteroatoms. The molecule has 30 heavy (non-hydrogen) atoms. The molecule has 1 heterocycles. The van der Waals surface area contributed by atoms with Crippen molar-refractivity contribution in [3.63, 3.8) is 0 Å². The Labute approximate surface area is 177 Å². The molecule has 1 aliphatic heterocycles. The lowest BCUT2D eigenvalue weighted by molar-refractivity contribution is -0.274. The highest BCUT2D eigenvalue weighted by atomic mass is 32.2. The molecule has 1 fully saturated rings. The molecule has 3 rings (SSSR count). The number of carbonyl (C=O) groups is 1. The van der Waals surface area contributed by atoms with Crippen molar-refractivity contribution in [1.82, 2.24) is 0 Å². The zero-order chi connectivity index (χ0) is 21.7. The van der Waals surface area contributed by atoms with Gasteiger partial charge in [0.1, 0.15) is 17.2 Å². The lowest BCUT2D eigenvalue weighted by atomic mass is 10.2. The maximum Gasteiger partial charge on any atom is 0.573 e. The number of thioether (sulfide) groups is 1. The number of carbonyl (C=O) groups excluding carboxylic acids is 1. The van der Waals surface area contributed by atoms with Gasteiger partial charge >= 0.3 is 6.36 Å². The van der Waals surface area contributed by atoms with Crippen molar-refractivity contribution in [2.45, 2.75) is 25.8 Å². The van der Waals surface area contributed by atoms with Crippen molar-refractivity contribution in [1.29, 1.82) is 0 Å². The average molecular weight is 441 g/mol. The van der Waals surface area contributed by atoms with Gasteiger partial charge in [0.15, 0.2) is 6.10 Å². The first-order valence-electron chi connectivity index (χ1n) is 9.33. The summed E-state index contributed by atoms with van der Waals surface area (Å²) in [5, 5.41) is 0. The summed E-state index contributed by atoms with van der Waals surface area (Å²) in [4.78, 5) is 14.4. The second kappa shape index (κ2) is 9.51. The standard InChI is InChI=1S/C21H22F3NO4S/c1-14-13-15(3-8-18(14)27-11-12-30-2)25-10-9-19(20(25)26)28-16-4-6-17(7-5-16)29-21(22,23)24/h3-8,13,19H,9-12H2,1-2H3. The highest BCUT2D eigenvalue weighted by Crippen LogP contribution is 2.30. The van der Waals surface area contributed by atoms with E-state index >= 15 is 0 Å². The first kappa shape index (κ1) is 22.1. The summed E-state index contributed by atoms with van der Waals surface area (Å²) >= 11 is 1.71. The van der Waals surface area contributed by atoms with Crippen LogP contribution in [0.25, 0.3) is 0 Å². The fraction of sp³-hybridized carbons (Fsp3) is 0.381. The van der Waals surface area contributed by atoms with Crippen LogP contribution in [0.4, 0.5) is 18.9 Å². The summed E-state index contributed by atoms with van der Waals surface area (Å²) in [5.41, 5.74) is 1.70. The molecule has 2 aromatic rings. The highest BCUT2D eigenvalue weighted by Gasteiger charge is 2.35. The molecule has 0 spiro atoms. The molecule has 1 unspecified atom stereocenters. The quantitative estimate of drug-likeness (QED) is 0.550. The molecule has 0 aliphatic carbocycles. The van der Waals surface area contributed by atoms with Gasteiger partial charge in [0.05, 0.1) is 6.61 Å². The average Bonchev–Trinajstić information content (AvgIpc) is 3.04. The van der Waals surface area contributed by atoms with Crippen LogP contribution in [0.2, 0.25) is 0 Å². The molecular weight excluding hydrogens is 419 g/mol. The second-order valence-electron chi connectivity index (χ2n) is 6.70. The van der Waals surface area contributed by atoms with Crippen molar-refractivity contribution in [2.24, 2.45) is 0 Å². The molecule has 2 aromatic carbocycles. The molecule has 0 N–H and O–H groups in total. The van der Waals surface area contributed by atoms with Crippen molar-refractivity contribution in [2.75, 3.05) is 30.1 Å². The maximum atomic E-state index is 12.8. The third-order valence-corrected chi connectivity index (χ3v) is 5.08. The monoisotopic (exact) mass is 441 g/mol. The van der Waals surface area contributed by atoms with E-state index in [1.807, 2.05) is 31.4 Å². The summed E-state index contributed by atoms with van der Waals surface area (Å²) < 4.78 is 52.0. The van der Waals surface area contributed by atoms with E-state index in [0.717, 1.165) is 34.9 Å². The van der Waals surface area contributed by atoms with Gasteiger partial charge in [-0.3, -0.25) is 4.79 Å². The Morgan fingerprint density at radius 3 is 2.47 bits per heavy atom. The Morgan fingerprint density at radius 1 is 1.13 bits per heavy atom. The van der Waals surface area contributed by atoms with Crippen LogP contribution >= 0.6 is 11.8 Å². The Bertz CT molecular complexity index is 874. The molecular formula is C21H22F3NO4S. The zero-order valence-electron chi connectivity index (χ0n) is 16.6. The number of aryl methyl sites for hydroxylation is 1. The van der Waals surface area contributed by atoms with Crippen LogP contribution in [-0.4, -0.2) is 43.5 Å². The minimum absolute atomic E-state index is 0.193. The van der Waals surface area contributed by atoms with E-state index in [0.29, 0.717) is 25.3 Å². The normalized spacial score (nSPS) is 16.6. The number of nitrogens with zero attached hydrogens (tertiary/aromatic N) is 1. The van der Waals surface area contributed by atoms with Crippen LogP contribution in [-0.2, 0) is 4.79 Å². The summed E-state index contributed by atoms with van der Waals surface area (Å²) in [6, 6.07) is 10.6. The second-order valence-corrected chi connectivity index (χ2v) is 7.68. The summed E-state index contributed by atoms with van der Waals surface area (Å²) in [5.74, 6) is 1.45. The number of ether oxygens (including phenoxy) is 3. The SMILES string of the molecule is CSCCOc1ccc(N2CCC(Oc3ccc(OC(F)(F)F)cc3)C2=O)cc1C. The van der Waals surface area contributed by atoms with E-state index in [1.165, 1.54) is 12.1 Å². The first-order valence-corrected chi connectivity index (χ1v) is 10.7. The number of hydrogen-bond donors (Lipinski definition) is 0. The zero-order valence-corrected chi connectivity index (χ0v) is 17.4. The van der Waals surface area contributed by atoms with Crippen LogP contribution in [0.1, 0.15) is 12.0 Å². The third-order valence-electron chi connectivity index (χ3n) is 4.51. The minimum Gasteiger partial charge on any atom is -0.492 e. The van der Waals surface area contributed by atoms with Gasteiger partial charge in [0, 0.05) is 24.4 Å². The number of anilines is 1. The number of alkyl halides is 3. The molecule has 1 amide bonds. The largest absolute Gasteiger partial charge is 0.573 e. The predicted octanol–water partition coefficient (Wildman–Crippen LogP) is 4.82. The maximum absolute atomic E-state index is 12.8. The Hall–Kier alpha value is -2.55. The highest BCUT2D eigenvalue weighted by molar-refractivity contribution is 7.98. The predicted molar refractivity (Wildman–Crippen MR) is 110 cm³/mol. The molecule has 1 saturated heterocycles. The lowest BCUT2D eigenvalue weighted by Crippen LogP contribution is -2.32. The Kier molecular flexibility index (Phi) is 7.02. The van der Waals surface area contributed by atoms with E-state index < -0.39 is 12.5 Å². The van der Waals surface area contributed by atoms with Gasteiger partial charge in [-0.2, -0.15) is 11.8 Å². The molecule has 1 atom stereocenters. The number of hydrogen-bond acceptors (Lipinski definition) is 5. The Balaban J connectivity index is 1.61. The van der Waals surface area contributed by atoms with Crippen LogP contribution in [0, 0.1) is 6.92 Å². The van der Waals surface area contributed by atoms with E-state index in [2.05, 4.69) is 4.74 Å². The summed E-state index contributed by atoms with van der Waals surface area (Å²) in [7, 11) is 0. The van der Waals surface area contributed by atoms with Gasteiger partial charge in [-0.15, -0.1) is 13.2 Å². The van der Waals surface area contributed by atoms with Gasteiger partial charge < -0.3 is 19.1 Å². The van der Waals surface area contributed by atoms with Gasteiger partial charge in [0.2, 0.25) is 0 Å². The fourth-order valence-electron chi connectivity index (χ4n) is 3.10. The van der Waals surface area contributed by atoms with Crippen LogP contribution in [0.15, 0.2) is 42.5 Å². The minimum atomic E-state index is -4.75. The fourth-order valence-corrected chi connectivity index (χ4v) is 3.35. The van der Waals surface area contributed by atoms with Gasteiger partial charge in [-0.05, 0) is 61.2 Å². The third kappa shape index (κ3) is 5.75. The van der Waals surface area contributed by atoms with E-state index in [4.69, 9.17) is 9.47 Å². The number of halogens is 3. The van der Waals surface area contributed by atoms with Gasteiger partial charge in [-0.1, -0.05) is 0 Å². The van der Waals surface area contributed by atoms with E-state index in [-0.39, 0.29) is 11.7 Å². The summed E-state index contributed by atoms with van der Waals surface area (Å²) in [6.45, 7) is 3.04. The molecule has 0 radical (unpaired) electrons. The van der Waals surface area contributed by atoms with Crippen LogP contribution in [0.5, 0.6) is 17.2 Å². The molecule has 5 nitrogen and oxygen atoms in total. The summed E-state index contributed by atoms with van der Waals surface area (Å²) in [6.07, 6.45) is -2.96. The molecule has 0 aromatic heterocycles. The van der Waals surface area contributed by atoms with Crippen LogP contribution in [0.3, 0.4) is 0 Å². The number of benzene rings is 2. The van der Waals surface area contributed by atoms with Crippen molar-refractivity contribution < 1.29 is 32.2 Å². The topological polar surface area (TPSA) is 48.0 Å². The number of amides is 1. The molecule has 0 bridgehead atoms. The Morgan fingerprint density at radius 2 is 1.83 bits per heavy atom. The van der Waals surface area contributed by atoms with E-state index in [9.17, 15) is 18.0 Å². The smallest absolute Gasteiger partial charge is 0.492 e. The number of rotatable bonds is 8. The van der Waals surface area contributed by atoms with Gasteiger partial charge in [-0.25, -0.2) is 0 Å². The lowest BCUT2D eigenvalue weighted by Gasteiger charge is -2.19. The van der Waals surface area contributed by atoms with Crippen molar-refractivity contribution >= 4 is 23.4 Å². The van der Waals surface area contributed by atoms with Gasteiger partial charge in [0.25, 0.3) is 5.91 Å².